The molecule has 0 spiro atoms. The first-order chi connectivity index (χ1) is 15.1. The summed E-state index contributed by atoms with van der Waals surface area (Å²) >= 11 is 0. The number of ether oxygens (including phenoxy) is 1. The number of aromatic nitrogens is 1. The fourth-order valence-corrected chi connectivity index (χ4v) is 3.89. The van der Waals surface area contributed by atoms with Crippen LogP contribution >= 0.6 is 0 Å². The van der Waals surface area contributed by atoms with Gasteiger partial charge in [-0.15, -0.1) is 0 Å². The normalized spacial score (nSPS) is 11.6. The molecule has 0 saturated carbocycles. The molecule has 0 aliphatic carbocycles. The topological polar surface area (TPSA) is 97.4 Å². The van der Waals surface area contributed by atoms with Gasteiger partial charge in [0.15, 0.2) is 0 Å². The van der Waals surface area contributed by atoms with E-state index in [0.717, 1.165) is 18.2 Å². The van der Waals surface area contributed by atoms with Gasteiger partial charge in [0.2, 0.25) is 5.88 Å². The summed E-state index contributed by atoms with van der Waals surface area (Å²) in [6.45, 7) is 0.0926. The van der Waals surface area contributed by atoms with Gasteiger partial charge in [-0.05, 0) is 42.5 Å². The highest BCUT2D eigenvalue weighted by Crippen LogP contribution is 2.31. The van der Waals surface area contributed by atoms with Gasteiger partial charge in [0.05, 0.1) is 17.6 Å². The molecule has 0 aliphatic rings. The van der Waals surface area contributed by atoms with Gasteiger partial charge in [-0.2, -0.15) is 13.2 Å². The number of hydrogen-bond acceptors (Lipinski definition) is 5. The smallest absolute Gasteiger partial charge is 0.416 e. The average molecular weight is 465 g/mol. The zero-order valence-corrected chi connectivity index (χ0v) is 17.5. The summed E-state index contributed by atoms with van der Waals surface area (Å²) in [5, 5.41) is 2.64. The molecule has 3 rings (SSSR count). The number of methoxy groups -OCH3 is 1. The van der Waals surface area contributed by atoms with E-state index < -0.39 is 27.7 Å². The van der Waals surface area contributed by atoms with E-state index in [4.69, 9.17) is 4.74 Å². The number of sulfonamides is 1. The highest BCUT2D eigenvalue weighted by Gasteiger charge is 2.30. The maximum absolute atomic E-state index is 12.9. The first-order valence-corrected chi connectivity index (χ1v) is 10.6. The number of pyridine rings is 1. The number of rotatable bonds is 7. The summed E-state index contributed by atoms with van der Waals surface area (Å²) in [6, 6.07) is 12.3. The van der Waals surface area contributed by atoms with Gasteiger partial charge in [-0.3, -0.25) is 9.52 Å². The van der Waals surface area contributed by atoms with E-state index in [1.54, 1.807) is 12.1 Å². The van der Waals surface area contributed by atoms with Gasteiger partial charge in [-0.1, -0.05) is 18.2 Å². The van der Waals surface area contributed by atoms with Crippen LogP contribution in [0.2, 0.25) is 0 Å². The predicted octanol–water partition coefficient (Wildman–Crippen LogP) is 3.84. The van der Waals surface area contributed by atoms with Crippen molar-refractivity contribution in [1.29, 1.82) is 0 Å². The summed E-state index contributed by atoms with van der Waals surface area (Å²) < 4.78 is 71.1. The van der Waals surface area contributed by atoms with E-state index in [0.29, 0.717) is 17.5 Å². The summed E-state index contributed by atoms with van der Waals surface area (Å²) in [5.41, 5.74) is -0.562. The van der Waals surface area contributed by atoms with Crippen LogP contribution in [0, 0.1) is 0 Å². The molecule has 0 bridgehead atoms. The Morgan fingerprint density at radius 3 is 2.53 bits per heavy atom. The van der Waals surface area contributed by atoms with Gasteiger partial charge in [0, 0.05) is 29.6 Å². The Bertz CT molecular complexity index is 1230. The minimum Gasteiger partial charge on any atom is -0.481 e. The Kier molecular flexibility index (Phi) is 6.68. The van der Waals surface area contributed by atoms with Crippen LogP contribution in [0.15, 0.2) is 71.8 Å². The Labute approximate surface area is 182 Å². The van der Waals surface area contributed by atoms with Gasteiger partial charge in [-0.25, -0.2) is 13.4 Å². The van der Waals surface area contributed by atoms with Crippen LogP contribution in [0.4, 0.5) is 18.9 Å². The zero-order chi connectivity index (χ0) is 23.4. The molecule has 168 valence electrons. The number of nitrogens with one attached hydrogen (secondary N) is 2. The minimum absolute atomic E-state index is 0.0553. The van der Waals surface area contributed by atoms with Crippen molar-refractivity contribution >= 4 is 21.6 Å². The molecule has 0 aliphatic heterocycles. The van der Waals surface area contributed by atoms with E-state index in [1.165, 1.54) is 37.6 Å². The van der Waals surface area contributed by atoms with Crippen LogP contribution in [0.25, 0.3) is 0 Å². The summed E-state index contributed by atoms with van der Waals surface area (Å²) in [5.74, 6) is -0.207. The number of benzene rings is 2. The molecule has 0 fully saturated rings. The molecule has 7 nitrogen and oxygen atoms in total. The lowest BCUT2D eigenvalue weighted by Gasteiger charge is -2.12. The fraction of sp³-hybridized carbons (Fsp3) is 0.143. The van der Waals surface area contributed by atoms with E-state index >= 15 is 0 Å². The van der Waals surface area contributed by atoms with Crippen LogP contribution in [-0.4, -0.2) is 26.4 Å². The summed E-state index contributed by atoms with van der Waals surface area (Å²) in [7, 11) is -2.79. The molecule has 1 amide bonds. The Morgan fingerprint density at radius 2 is 1.81 bits per heavy atom. The Morgan fingerprint density at radius 1 is 1.06 bits per heavy atom. The van der Waals surface area contributed by atoms with Gasteiger partial charge < -0.3 is 10.1 Å². The lowest BCUT2D eigenvalue weighted by molar-refractivity contribution is -0.137. The maximum atomic E-state index is 12.9. The molecule has 1 aromatic heterocycles. The van der Waals surface area contributed by atoms with Crippen molar-refractivity contribution in [3.05, 3.63) is 83.6 Å². The molecule has 0 saturated heterocycles. The SMILES string of the molecule is COc1ncccc1CNC(=O)c1cccc(S(=O)(=O)Nc2cccc(C(F)(F)F)c2)c1. The highest BCUT2D eigenvalue weighted by molar-refractivity contribution is 7.92. The number of alkyl halides is 3. The number of carbonyl (C=O) groups excluding carboxylic acids is 1. The van der Waals surface area contributed by atoms with Crippen molar-refractivity contribution in [2.45, 2.75) is 17.6 Å². The summed E-state index contributed by atoms with van der Waals surface area (Å²) in [6.07, 6.45) is -3.08. The highest BCUT2D eigenvalue weighted by atomic mass is 32.2. The van der Waals surface area contributed by atoms with Crippen molar-refractivity contribution in [3.63, 3.8) is 0 Å². The van der Waals surface area contributed by atoms with Crippen molar-refractivity contribution in [1.82, 2.24) is 10.3 Å². The zero-order valence-electron chi connectivity index (χ0n) is 16.7. The predicted molar refractivity (Wildman–Crippen MR) is 111 cm³/mol. The van der Waals surface area contributed by atoms with Crippen molar-refractivity contribution in [2.24, 2.45) is 0 Å². The van der Waals surface area contributed by atoms with Crippen LogP contribution in [-0.2, 0) is 22.7 Å². The summed E-state index contributed by atoms with van der Waals surface area (Å²) in [4.78, 5) is 16.2. The molecule has 2 aromatic carbocycles. The Hall–Kier alpha value is -3.60. The first-order valence-electron chi connectivity index (χ1n) is 9.16. The largest absolute Gasteiger partial charge is 0.481 e. The first kappa shape index (κ1) is 23.1. The second-order valence-corrected chi connectivity index (χ2v) is 8.25. The number of anilines is 1. The molecule has 0 radical (unpaired) electrons. The number of halogens is 3. The van der Waals surface area contributed by atoms with E-state index in [2.05, 4.69) is 15.0 Å². The van der Waals surface area contributed by atoms with Crippen molar-refractivity contribution in [3.8, 4) is 5.88 Å². The van der Waals surface area contributed by atoms with Gasteiger partial charge >= 0.3 is 6.18 Å². The third-order valence-corrected chi connectivity index (χ3v) is 5.71. The lowest BCUT2D eigenvalue weighted by Crippen LogP contribution is -2.23. The van der Waals surface area contributed by atoms with Crippen LogP contribution in [0.3, 0.4) is 0 Å². The quantitative estimate of drug-likeness (QED) is 0.553. The lowest BCUT2D eigenvalue weighted by atomic mass is 10.2. The number of carbonyl (C=O) groups is 1. The molecule has 11 heteroatoms. The molecule has 32 heavy (non-hydrogen) atoms. The van der Waals surface area contributed by atoms with E-state index in [-0.39, 0.29) is 22.7 Å². The molecule has 2 N–H and O–H groups in total. The Balaban J connectivity index is 1.76. The average Bonchev–Trinajstić information content (AvgIpc) is 2.77. The number of amides is 1. The monoisotopic (exact) mass is 465 g/mol. The second kappa shape index (κ2) is 9.27. The molecular weight excluding hydrogens is 447 g/mol. The van der Waals surface area contributed by atoms with Gasteiger partial charge in [0.25, 0.3) is 15.9 Å². The fourth-order valence-electron chi connectivity index (χ4n) is 2.80. The van der Waals surface area contributed by atoms with Crippen LogP contribution in [0.5, 0.6) is 5.88 Å². The van der Waals surface area contributed by atoms with Crippen molar-refractivity contribution in [2.75, 3.05) is 11.8 Å². The molecule has 0 unspecified atom stereocenters. The molecule has 3 aromatic rings. The van der Waals surface area contributed by atoms with E-state index in [9.17, 15) is 26.4 Å². The van der Waals surface area contributed by atoms with Crippen molar-refractivity contribution < 1.29 is 31.1 Å². The molecular formula is C21H18F3N3O4S. The number of hydrogen-bond donors (Lipinski definition) is 2. The molecule has 1 heterocycles. The van der Waals surface area contributed by atoms with E-state index in [1.807, 2.05) is 0 Å². The third-order valence-electron chi connectivity index (χ3n) is 4.33. The molecule has 0 atom stereocenters. The number of nitrogens with zero attached hydrogens (tertiary/aromatic N) is 1. The third kappa shape index (κ3) is 5.55. The maximum Gasteiger partial charge on any atom is 0.416 e. The standard InChI is InChI=1S/C21H18F3N3O4S/c1-31-20-15(6-4-10-25-20)13-26-19(28)14-5-2-9-18(11-14)32(29,30)27-17-8-3-7-16(12-17)21(22,23)24/h2-12,27H,13H2,1H3,(H,26,28). The second-order valence-electron chi connectivity index (χ2n) is 6.57. The van der Waals surface area contributed by atoms with Crippen LogP contribution in [0.1, 0.15) is 21.5 Å². The van der Waals surface area contributed by atoms with Gasteiger partial charge in [0.1, 0.15) is 0 Å². The minimum atomic E-state index is -4.61. The van der Waals surface area contributed by atoms with Crippen LogP contribution < -0.4 is 14.8 Å².